The molecule has 0 amide bonds. The van der Waals surface area contributed by atoms with Gasteiger partial charge in [-0.2, -0.15) is 0 Å². The van der Waals surface area contributed by atoms with E-state index < -0.39 is 17.4 Å². The molecular formula is C31H17ClN2O7. The van der Waals surface area contributed by atoms with Gasteiger partial charge in [-0.1, -0.05) is 48.0 Å². The van der Waals surface area contributed by atoms with Gasteiger partial charge in [-0.25, -0.2) is 14.6 Å². The Kier molecular flexibility index (Phi) is 6.20. The zero-order valence-corrected chi connectivity index (χ0v) is 21.6. The van der Waals surface area contributed by atoms with E-state index in [1.165, 1.54) is 36.5 Å². The van der Waals surface area contributed by atoms with E-state index in [9.17, 15) is 29.7 Å². The molecule has 6 rings (SSSR count). The zero-order valence-electron chi connectivity index (χ0n) is 20.8. The fourth-order valence-electron chi connectivity index (χ4n) is 4.76. The monoisotopic (exact) mass is 564 g/mol. The Hall–Kier alpha value is -5.54. The van der Waals surface area contributed by atoms with E-state index in [0.717, 1.165) is 0 Å². The van der Waals surface area contributed by atoms with Crippen LogP contribution in [0.1, 0.15) is 26.4 Å². The van der Waals surface area contributed by atoms with Crippen LogP contribution in [-0.4, -0.2) is 38.5 Å². The first-order chi connectivity index (χ1) is 19.7. The predicted octanol–water partition coefficient (Wildman–Crippen LogP) is 6.62. The molecule has 3 aromatic carbocycles. The van der Waals surface area contributed by atoms with Crippen molar-refractivity contribution >= 4 is 57.3 Å². The lowest BCUT2D eigenvalue weighted by Crippen LogP contribution is -2.05. The Morgan fingerprint density at radius 3 is 2.49 bits per heavy atom. The summed E-state index contributed by atoms with van der Waals surface area (Å²) < 4.78 is 6.13. The van der Waals surface area contributed by atoms with Gasteiger partial charge in [0.05, 0.1) is 27.4 Å². The highest BCUT2D eigenvalue weighted by Crippen LogP contribution is 2.44. The van der Waals surface area contributed by atoms with E-state index in [-0.39, 0.29) is 38.9 Å². The third kappa shape index (κ3) is 4.44. The molecule has 0 unspecified atom stereocenters. The number of aromatic carboxylic acids is 2. The molecule has 0 bridgehead atoms. The van der Waals surface area contributed by atoms with Crippen molar-refractivity contribution in [3.05, 3.63) is 111 Å². The Labute approximate surface area is 235 Å². The summed E-state index contributed by atoms with van der Waals surface area (Å²) in [6, 6.07) is 20.2. The Morgan fingerprint density at radius 1 is 0.902 bits per heavy atom. The van der Waals surface area contributed by atoms with Crippen LogP contribution in [0.5, 0.6) is 5.75 Å². The van der Waals surface area contributed by atoms with Gasteiger partial charge in [0.2, 0.25) is 5.43 Å². The van der Waals surface area contributed by atoms with Crippen LogP contribution in [0.2, 0.25) is 5.02 Å². The third-order valence-electron chi connectivity index (χ3n) is 6.64. The number of carboxylic acid groups (broad SMARTS) is 2. The average Bonchev–Trinajstić information content (AvgIpc) is 2.96. The SMILES string of the molecule is O=C(O)c1ccc2cccc(N=Cc3c(O)ccc4c(-c5ccccc5C(=O)O)c5cc(Cl)c(=O)cc-5oc34)c2n1. The number of aromatic nitrogens is 1. The first kappa shape index (κ1) is 25.7. The second-order valence-corrected chi connectivity index (χ2v) is 9.50. The summed E-state index contributed by atoms with van der Waals surface area (Å²) in [7, 11) is 0. The standard InChI is InChI=1S/C31H17ClN2O7/c32-21-12-19-26(13-25(21)36)41-29-18(27(19)16-5-1-2-6-17(16)30(37)38)9-11-24(35)20(29)14-33-22-7-3-4-15-8-10-23(31(39)40)34-28(15)22/h1-14,35H,(H,37,38)(H,39,40). The Balaban J connectivity index is 1.66. The van der Waals surface area contributed by atoms with Gasteiger partial charge in [0.25, 0.3) is 0 Å². The molecule has 0 atom stereocenters. The fraction of sp³-hybridized carbons (Fsp3) is 0. The summed E-state index contributed by atoms with van der Waals surface area (Å²) in [6.45, 7) is 0. The molecule has 9 nitrogen and oxygen atoms in total. The van der Waals surface area contributed by atoms with Crippen LogP contribution >= 0.6 is 11.6 Å². The van der Waals surface area contributed by atoms with Crippen LogP contribution in [-0.2, 0) is 0 Å². The minimum absolute atomic E-state index is 0.0166. The van der Waals surface area contributed by atoms with Crippen LogP contribution in [0.25, 0.3) is 44.3 Å². The third-order valence-corrected chi connectivity index (χ3v) is 6.93. The van der Waals surface area contributed by atoms with E-state index in [1.54, 1.807) is 48.5 Å². The Bertz CT molecular complexity index is 2120. The molecule has 0 saturated carbocycles. The van der Waals surface area contributed by atoms with Crippen molar-refractivity contribution in [3.63, 3.8) is 0 Å². The van der Waals surface area contributed by atoms with Gasteiger partial charge < -0.3 is 19.7 Å². The minimum Gasteiger partial charge on any atom is -0.507 e. The number of aliphatic imine (C=N–C) groups is 1. The first-order valence-corrected chi connectivity index (χ1v) is 12.5. The summed E-state index contributed by atoms with van der Waals surface area (Å²) in [5, 5.41) is 31.2. The number of fused-ring (bicyclic) bond motifs is 3. The van der Waals surface area contributed by atoms with Gasteiger partial charge in [0.1, 0.15) is 22.8 Å². The van der Waals surface area contributed by atoms with Crippen LogP contribution in [0.15, 0.2) is 93.1 Å². The number of para-hydroxylation sites is 1. The molecular weight excluding hydrogens is 548 g/mol. The van der Waals surface area contributed by atoms with E-state index >= 15 is 0 Å². The van der Waals surface area contributed by atoms with E-state index in [2.05, 4.69) is 9.98 Å². The molecule has 1 aliphatic carbocycles. The van der Waals surface area contributed by atoms with Crippen molar-refractivity contribution in [2.75, 3.05) is 0 Å². The van der Waals surface area contributed by atoms with Crippen molar-refractivity contribution in [2.45, 2.75) is 0 Å². The summed E-state index contributed by atoms with van der Waals surface area (Å²) in [5.41, 5.74) is 1.54. The molecule has 2 heterocycles. The maximum absolute atomic E-state index is 12.4. The number of phenolic OH excluding ortho intramolecular Hbond substituents is 1. The predicted molar refractivity (Wildman–Crippen MR) is 154 cm³/mol. The highest BCUT2D eigenvalue weighted by atomic mass is 35.5. The maximum atomic E-state index is 12.4. The number of carbonyl (C=O) groups is 2. The van der Waals surface area contributed by atoms with Gasteiger partial charge >= 0.3 is 11.9 Å². The van der Waals surface area contributed by atoms with E-state index in [4.69, 9.17) is 16.0 Å². The summed E-state index contributed by atoms with van der Waals surface area (Å²) in [6.07, 6.45) is 1.35. The topological polar surface area (TPSA) is 150 Å². The normalized spacial score (nSPS) is 11.5. The number of phenols is 1. The Morgan fingerprint density at radius 2 is 1.71 bits per heavy atom. The largest absolute Gasteiger partial charge is 0.507 e. The summed E-state index contributed by atoms with van der Waals surface area (Å²) >= 11 is 6.18. The number of hydrogen-bond donors (Lipinski definition) is 3. The molecule has 0 radical (unpaired) electrons. The number of aromatic hydroxyl groups is 1. The lowest BCUT2D eigenvalue weighted by Gasteiger charge is -2.18. The lowest BCUT2D eigenvalue weighted by molar-refractivity contribution is 0.0683. The quantitative estimate of drug-likeness (QED) is 0.156. The zero-order chi connectivity index (χ0) is 28.8. The molecule has 0 spiro atoms. The molecule has 2 aliphatic rings. The summed E-state index contributed by atoms with van der Waals surface area (Å²) in [5.74, 6) is -2.41. The van der Waals surface area contributed by atoms with Gasteiger partial charge in [-0.15, -0.1) is 0 Å². The van der Waals surface area contributed by atoms with Crippen molar-refractivity contribution in [1.29, 1.82) is 0 Å². The number of rotatable bonds is 5. The molecule has 4 aromatic rings. The first-order valence-electron chi connectivity index (χ1n) is 12.1. The van der Waals surface area contributed by atoms with Crippen LogP contribution in [0.4, 0.5) is 5.69 Å². The average molecular weight is 565 g/mol. The smallest absolute Gasteiger partial charge is 0.354 e. The van der Waals surface area contributed by atoms with Gasteiger partial charge in [0, 0.05) is 34.2 Å². The number of hydrogen-bond acceptors (Lipinski definition) is 7. The van der Waals surface area contributed by atoms with Crippen molar-refractivity contribution < 1.29 is 29.3 Å². The van der Waals surface area contributed by atoms with Crippen LogP contribution in [0, 0.1) is 0 Å². The second kappa shape index (κ2) is 9.89. The van der Waals surface area contributed by atoms with E-state index in [1.807, 2.05) is 0 Å². The highest BCUT2D eigenvalue weighted by molar-refractivity contribution is 6.31. The molecule has 1 aromatic heterocycles. The highest BCUT2D eigenvalue weighted by Gasteiger charge is 2.24. The van der Waals surface area contributed by atoms with Crippen LogP contribution < -0.4 is 5.43 Å². The lowest BCUT2D eigenvalue weighted by atomic mass is 9.90. The van der Waals surface area contributed by atoms with Gasteiger partial charge in [-0.3, -0.25) is 9.79 Å². The molecule has 0 fully saturated rings. The number of pyridine rings is 1. The summed E-state index contributed by atoms with van der Waals surface area (Å²) in [4.78, 5) is 44.8. The van der Waals surface area contributed by atoms with Crippen molar-refractivity contribution in [3.8, 4) is 28.2 Å². The molecule has 200 valence electrons. The fourth-order valence-corrected chi connectivity index (χ4v) is 4.92. The second-order valence-electron chi connectivity index (χ2n) is 9.09. The van der Waals surface area contributed by atoms with Gasteiger partial charge in [0.15, 0.2) is 0 Å². The molecule has 41 heavy (non-hydrogen) atoms. The van der Waals surface area contributed by atoms with E-state index in [0.29, 0.717) is 38.7 Å². The molecule has 1 aliphatic heterocycles. The number of benzene rings is 4. The number of carboxylic acids is 2. The number of nitrogens with zero attached hydrogens (tertiary/aromatic N) is 2. The van der Waals surface area contributed by atoms with Gasteiger partial charge in [-0.05, 0) is 42.0 Å². The minimum atomic E-state index is -1.19. The molecule has 10 heteroatoms. The van der Waals surface area contributed by atoms with Crippen molar-refractivity contribution in [2.24, 2.45) is 4.99 Å². The molecule has 3 N–H and O–H groups in total. The van der Waals surface area contributed by atoms with Crippen LogP contribution in [0.3, 0.4) is 0 Å². The maximum Gasteiger partial charge on any atom is 0.354 e. The van der Waals surface area contributed by atoms with Crippen molar-refractivity contribution in [1.82, 2.24) is 4.98 Å². The molecule has 0 saturated heterocycles. The number of halogens is 1.